The van der Waals surface area contributed by atoms with E-state index in [2.05, 4.69) is 18.8 Å². The molecule has 0 aromatic heterocycles. The molecule has 0 bridgehead atoms. The van der Waals surface area contributed by atoms with Gasteiger partial charge in [0, 0.05) is 12.6 Å². The Morgan fingerprint density at radius 3 is 2.82 bits per heavy atom. The molecule has 3 N–H and O–H groups in total. The van der Waals surface area contributed by atoms with Gasteiger partial charge in [0.1, 0.15) is 0 Å². The summed E-state index contributed by atoms with van der Waals surface area (Å²) < 4.78 is 0. The summed E-state index contributed by atoms with van der Waals surface area (Å²) in [6.45, 7) is 7.56. The van der Waals surface area contributed by atoms with Crippen molar-refractivity contribution in [1.29, 1.82) is 0 Å². The summed E-state index contributed by atoms with van der Waals surface area (Å²) >= 11 is 0. The van der Waals surface area contributed by atoms with Crippen LogP contribution < -0.4 is 11.1 Å². The molecule has 0 aromatic carbocycles. The van der Waals surface area contributed by atoms with Crippen LogP contribution in [-0.2, 0) is 0 Å². The number of rotatable bonds is 7. The molecular formula is C9H20N2. The first-order valence-corrected chi connectivity index (χ1v) is 4.39. The van der Waals surface area contributed by atoms with Crippen LogP contribution in [-0.4, -0.2) is 19.1 Å². The minimum absolute atomic E-state index is 0.622. The third-order valence-corrected chi connectivity index (χ3v) is 1.80. The van der Waals surface area contributed by atoms with Gasteiger partial charge in [-0.2, -0.15) is 0 Å². The Balaban J connectivity index is 3.32. The Morgan fingerprint density at radius 1 is 1.64 bits per heavy atom. The number of hydrogen-bond donors (Lipinski definition) is 2. The zero-order chi connectivity index (χ0) is 8.53. The van der Waals surface area contributed by atoms with Crippen molar-refractivity contribution < 1.29 is 0 Å². The smallest absolute Gasteiger partial charge is 0.0134 e. The molecule has 11 heavy (non-hydrogen) atoms. The Kier molecular flexibility index (Phi) is 7.52. The van der Waals surface area contributed by atoms with Crippen LogP contribution in [0.25, 0.3) is 0 Å². The molecule has 0 fully saturated rings. The molecule has 0 saturated carbocycles. The predicted molar refractivity (Wildman–Crippen MR) is 50.6 cm³/mol. The maximum atomic E-state index is 5.41. The zero-order valence-electron chi connectivity index (χ0n) is 7.47. The first-order valence-electron chi connectivity index (χ1n) is 4.39. The molecular weight excluding hydrogens is 136 g/mol. The van der Waals surface area contributed by atoms with Crippen LogP contribution in [0.5, 0.6) is 0 Å². The lowest BCUT2D eigenvalue weighted by atomic mass is 10.1. The molecule has 0 aromatic rings. The van der Waals surface area contributed by atoms with Crippen LogP contribution in [0.2, 0.25) is 0 Å². The third kappa shape index (κ3) is 6.07. The average molecular weight is 156 g/mol. The van der Waals surface area contributed by atoms with Crippen molar-refractivity contribution in [2.75, 3.05) is 13.1 Å². The number of nitrogens with two attached hydrogens (primary N) is 1. The van der Waals surface area contributed by atoms with Crippen LogP contribution in [0.3, 0.4) is 0 Å². The van der Waals surface area contributed by atoms with E-state index in [4.69, 9.17) is 5.73 Å². The lowest BCUT2D eigenvalue weighted by Gasteiger charge is -2.14. The van der Waals surface area contributed by atoms with E-state index in [1.165, 1.54) is 12.8 Å². The van der Waals surface area contributed by atoms with E-state index < -0.39 is 0 Å². The highest BCUT2D eigenvalue weighted by molar-refractivity contribution is 4.74. The Morgan fingerprint density at radius 2 is 2.36 bits per heavy atom. The first kappa shape index (κ1) is 10.7. The highest BCUT2D eigenvalue weighted by Crippen LogP contribution is 1.99. The second-order valence-corrected chi connectivity index (χ2v) is 2.73. The molecule has 66 valence electrons. The lowest BCUT2D eigenvalue weighted by molar-refractivity contribution is 0.479. The van der Waals surface area contributed by atoms with Gasteiger partial charge < -0.3 is 11.1 Å². The van der Waals surface area contributed by atoms with Crippen molar-refractivity contribution in [2.24, 2.45) is 5.73 Å². The van der Waals surface area contributed by atoms with Crippen molar-refractivity contribution in [3.63, 3.8) is 0 Å². The van der Waals surface area contributed by atoms with Gasteiger partial charge in [-0.3, -0.25) is 0 Å². The van der Waals surface area contributed by atoms with E-state index in [0.717, 1.165) is 19.5 Å². The fourth-order valence-corrected chi connectivity index (χ4v) is 1.06. The SMILES string of the molecule is C=CCNC(CC)CCCN. The summed E-state index contributed by atoms with van der Waals surface area (Å²) in [7, 11) is 0. The van der Waals surface area contributed by atoms with Gasteiger partial charge in [0.25, 0.3) is 0 Å². The second-order valence-electron chi connectivity index (χ2n) is 2.73. The monoisotopic (exact) mass is 156 g/mol. The van der Waals surface area contributed by atoms with Crippen molar-refractivity contribution >= 4 is 0 Å². The zero-order valence-corrected chi connectivity index (χ0v) is 7.47. The molecule has 0 aliphatic rings. The van der Waals surface area contributed by atoms with Crippen molar-refractivity contribution in [3.8, 4) is 0 Å². The topological polar surface area (TPSA) is 38.0 Å². The summed E-state index contributed by atoms with van der Waals surface area (Å²) in [6.07, 6.45) is 5.36. The molecule has 0 aliphatic carbocycles. The molecule has 0 heterocycles. The highest BCUT2D eigenvalue weighted by atomic mass is 14.9. The third-order valence-electron chi connectivity index (χ3n) is 1.80. The van der Waals surface area contributed by atoms with E-state index in [1.807, 2.05) is 6.08 Å². The highest BCUT2D eigenvalue weighted by Gasteiger charge is 2.01. The Labute approximate surface area is 69.9 Å². The molecule has 0 aliphatic heterocycles. The molecule has 1 unspecified atom stereocenters. The Hall–Kier alpha value is -0.340. The van der Waals surface area contributed by atoms with Gasteiger partial charge >= 0.3 is 0 Å². The molecule has 0 spiro atoms. The van der Waals surface area contributed by atoms with Gasteiger partial charge in [-0.05, 0) is 25.8 Å². The Bertz CT molecular complexity index is 91.6. The maximum absolute atomic E-state index is 5.41. The molecule has 2 nitrogen and oxygen atoms in total. The summed E-state index contributed by atoms with van der Waals surface area (Å²) in [5, 5.41) is 3.38. The minimum atomic E-state index is 0.622. The van der Waals surface area contributed by atoms with Gasteiger partial charge in [0.2, 0.25) is 0 Å². The van der Waals surface area contributed by atoms with Crippen molar-refractivity contribution in [1.82, 2.24) is 5.32 Å². The molecule has 0 amide bonds. The first-order chi connectivity index (χ1) is 5.35. The summed E-state index contributed by atoms with van der Waals surface area (Å²) in [6, 6.07) is 0.622. The average Bonchev–Trinajstić information content (AvgIpc) is 2.05. The van der Waals surface area contributed by atoms with Crippen molar-refractivity contribution in [2.45, 2.75) is 32.2 Å². The minimum Gasteiger partial charge on any atom is -0.330 e. The largest absolute Gasteiger partial charge is 0.330 e. The van der Waals surface area contributed by atoms with Crippen LogP contribution in [0.15, 0.2) is 12.7 Å². The van der Waals surface area contributed by atoms with Crippen molar-refractivity contribution in [3.05, 3.63) is 12.7 Å². The number of hydrogen-bond acceptors (Lipinski definition) is 2. The van der Waals surface area contributed by atoms with E-state index in [9.17, 15) is 0 Å². The molecule has 0 rings (SSSR count). The predicted octanol–water partition coefficient (Wildman–Crippen LogP) is 1.28. The normalized spacial score (nSPS) is 12.9. The van der Waals surface area contributed by atoms with E-state index in [0.29, 0.717) is 6.04 Å². The standard InChI is InChI=1S/C9H20N2/c1-3-8-11-9(4-2)6-5-7-10/h3,9,11H,1,4-8,10H2,2H3. The van der Waals surface area contributed by atoms with Gasteiger partial charge in [-0.15, -0.1) is 6.58 Å². The summed E-state index contributed by atoms with van der Waals surface area (Å²) in [5.74, 6) is 0. The fraction of sp³-hybridized carbons (Fsp3) is 0.778. The second kappa shape index (κ2) is 7.76. The summed E-state index contributed by atoms with van der Waals surface area (Å²) in [4.78, 5) is 0. The van der Waals surface area contributed by atoms with Crippen LogP contribution >= 0.6 is 0 Å². The number of nitrogens with one attached hydrogen (secondary N) is 1. The maximum Gasteiger partial charge on any atom is 0.0134 e. The van der Waals surface area contributed by atoms with Gasteiger partial charge in [0.05, 0.1) is 0 Å². The van der Waals surface area contributed by atoms with Gasteiger partial charge in [-0.1, -0.05) is 13.0 Å². The van der Waals surface area contributed by atoms with Crippen LogP contribution in [0.4, 0.5) is 0 Å². The van der Waals surface area contributed by atoms with Crippen LogP contribution in [0, 0.1) is 0 Å². The molecule has 0 saturated heterocycles. The molecule has 2 heteroatoms. The van der Waals surface area contributed by atoms with E-state index in [1.54, 1.807) is 0 Å². The quantitative estimate of drug-likeness (QED) is 0.545. The molecule has 0 radical (unpaired) electrons. The fourth-order valence-electron chi connectivity index (χ4n) is 1.06. The summed E-state index contributed by atoms with van der Waals surface area (Å²) in [5.41, 5.74) is 5.41. The lowest BCUT2D eigenvalue weighted by Crippen LogP contribution is -2.28. The van der Waals surface area contributed by atoms with E-state index in [-0.39, 0.29) is 0 Å². The van der Waals surface area contributed by atoms with Gasteiger partial charge in [0.15, 0.2) is 0 Å². The van der Waals surface area contributed by atoms with Crippen LogP contribution in [0.1, 0.15) is 26.2 Å². The van der Waals surface area contributed by atoms with Gasteiger partial charge in [-0.25, -0.2) is 0 Å². The molecule has 1 atom stereocenters. The van der Waals surface area contributed by atoms with E-state index >= 15 is 0 Å².